The number of aliphatic hydroxyl groups is 2. The van der Waals surface area contributed by atoms with E-state index in [9.17, 15) is 39.0 Å². The number of methoxy groups -OCH3 is 3. The van der Waals surface area contributed by atoms with Gasteiger partial charge >= 0.3 is 12.1 Å². The van der Waals surface area contributed by atoms with Crippen molar-refractivity contribution >= 4 is 35.3 Å². The van der Waals surface area contributed by atoms with Gasteiger partial charge in [0, 0.05) is 70.9 Å². The maximum absolute atomic E-state index is 14.6. The molecule has 3 fully saturated rings. The van der Waals surface area contributed by atoms with Gasteiger partial charge in [0.2, 0.25) is 5.79 Å². The third kappa shape index (κ3) is 17.0. The maximum atomic E-state index is 14.6. The predicted octanol–water partition coefficient (Wildman–Crippen LogP) is 7.44. The number of nitrogens with one attached hydrogen (secondary N) is 1. The second kappa shape index (κ2) is 29.7. The number of hydrogen-bond acceptors (Lipinski definition) is 16. The van der Waals surface area contributed by atoms with E-state index in [1.807, 2.05) is 51.2 Å². The largest absolute Gasteiger partial charge is 0.460 e. The van der Waals surface area contributed by atoms with E-state index in [2.05, 4.69) is 10.5 Å². The summed E-state index contributed by atoms with van der Waals surface area (Å²) in [5, 5.41) is 23.6. The fourth-order valence-corrected chi connectivity index (χ4v) is 11.1. The number of carbonyl (C=O) groups is 6. The Balaban J connectivity index is 1.41. The molecule has 3 N–H and O–H groups in total. The number of nitrogens with zero attached hydrogens (tertiary/aromatic N) is 2. The number of ether oxygens (including phenoxy) is 6. The van der Waals surface area contributed by atoms with Gasteiger partial charge in [-0.2, -0.15) is 5.48 Å². The minimum Gasteiger partial charge on any atom is -0.460 e. The molecule has 1 aliphatic carbocycles. The Labute approximate surface area is 449 Å². The molecule has 18 heteroatoms. The van der Waals surface area contributed by atoms with Crippen LogP contribution in [0.15, 0.2) is 72.1 Å². The summed E-state index contributed by atoms with van der Waals surface area (Å²) in [5.41, 5.74) is 4.36. The molecule has 4 heterocycles. The van der Waals surface area contributed by atoms with Crippen LogP contribution in [0.1, 0.15) is 131 Å². The Bertz CT molecular complexity index is 2230. The van der Waals surface area contributed by atoms with Crippen LogP contribution in [0.25, 0.3) is 0 Å². The standard InChI is InChI=1S/C58H85N3O15/c1-35-16-12-11-13-17-36(2)48(70-8)32-44-21-19-41(7)58(69,76-44)54(65)55(66)61-27-15-14-18-45(61)56(67)74-49(33-46(62)37(3)29-40(6)52(64)53(72-10)51(63)39(5)28-35)38(4)30-43-20-22-47(50(31-43)71-9)75-57(68)60-73-34-42-23-25-59-26-24-42/h11-13,16-17,23-26,29,35,37-39,41,43-45,47-50,52-53,64,69H,14-15,18-22,27-28,30-34H2,1-10H3,(H,60,68)/b13-11+,16-12-,36-17+,40-29+/t35-,37-,38-,39-,41-,43+,44+,45+,47-,48+,49+,50-,52-,53+,58-/m1/s1. The molecule has 2 bridgehead atoms. The molecule has 76 heavy (non-hydrogen) atoms. The van der Waals surface area contributed by atoms with Crippen LogP contribution in [0.2, 0.25) is 0 Å². The molecule has 2 saturated heterocycles. The number of ketones is 3. The number of aliphatic hydroxyl groups excluding tert-OH is 1. The molecule has 0 unspecified atom stereocenters. The third-order valence-electron chi connectivity index (χ3n) is 15.9. The number of carbonyl (C=O) groups excluding carboxylic acids is 6. The van der Waals surface area contributed by atoms with E-state index >= 15 is 0 Å². The van der Waals surface area contributed by atoms with Crippen molar-refractivity contribution in [1.82, 2.24) is 15.4 Å². The molecule has 1 aromatic heterocycles. The van der Waals surface area contributed by atoms with Gasteiger partial charge in [-0.05, 0) is 125 Å². The Morgan fingerprint density at radius 3 is 2.32 bits per heavy atom. The Hall–Kier alpha value is -4.95. The van der Waals surface area contributed by atoms with Gasteiger partial charge in [-0.25, -0.2) is 9.59 Å². The van der Waals surface area contributed by atoms with E-state index in [4.69, 9.17) is 33.3 Å². The molecule has 18 nitrogen and oxygen atoms in total. The van der Waals surface area contributed by atoms with E-state index in [0.717, 1.165) is 11.1 Å². The average molecular weight is 1060 g/mol. The summed E-state index contributed by atoms with van der Waals surface area (Å²) < 4.78 is 35.5. The Morgan fingerprint density at radius 1 is 0.882 bits per heavy atom. The summed E-state index contributed by atoms with van der Waals surface area (Å²) in [4.78, 5) is 94.7. The molecule has 4 aliphatic rings. The van der Waals surface area contributed by atoms with Gasteiger partial charge in [0.1, 0.15) is 36.2 Å². The number of rotatable bonds is 10. The molecule has 1 aromatic rings. The number of Topliss-reactive ketones (excluding diaryl/α,β-unsaturated/α-hetero) is 3. The highest BCUT2D eigenvalue weighted by Crippen LogP contribution is 2.38. The number of amides is 2. The number of cyclic esters (lactones) is 1. The van der Waals surface area contributed by atoms with Gasteiger partial charge < -0.3 is 43.5 Å². The number of hydrogen-bond donors (Lipinski definition) is 3. The quantitative estimate of drug-likeness (QED) is 0.0894. The van der Waals surface area contributed by atoms with Crippen LogP contribution in [-0.4, -0.2) is 138 Å². The van der Waals surface area contributed by atoms with Crippen molar-refractivity contribution in [1.29, 1.82) is 0 Å². The van der Waals surface area contributed by atoms with E-state index in [1.165, 1.54) is 12.0 Å². The van der Waals surface area contributed by atoms with Gasteiger partial charge in [-0.1, -0.05) is 71.1 Å². The normalized spacial score (nSPS) is 36.1. The first kappa shape index (κ1) is 61.9. The summed E-state index contributed by atoms with van der Waals surface area (Å²) in [7, 11) is 4.48. The summed E-state index contributed by atoms with van der Waals surface area (Å²) in [6.45, 7) is 12.7. The summed E-state index contributed by atoms with van der Waals surface area (Å²) in [6.07, 6.45) is 12.7. The average Bonchev–Trinajstić information content (AvgIpc) is 3.40. The molecule has 422 valence electrons. The van der Waals surface area contributed by atoms with Gasteiger partial charge in [-0.3, -0.25) is 29.0 Å². The zero-order valence-electron chi connectivity index (χ0n) is 46.4. The van der Waals surface area contributed by atoms with Gasteiger partial charge in [-0.15, -0.1) is 0 Å². The highest BCUT2D eigenvalue weighted by molar-refractivity contribution is 6.39. The molecule has 0 aromatic carbocycles. The second-order valence-corrected chi connectivity index (χ2v) is 21.7. The fraction of sp³-hybridized carbons (Fsp3) is 0.672. The van der Waals surface area contributed by atoms with Crippen LogP contribution in [-0.2, 0) is 63.8 Å². The van der Waals surface area contributed by atoms with Crippen LogP contribution in [0.3, 0.4) is 0 Å². The van der Waals surface area contributed by atoms with Crippen molar-refractivity contribution in [3.05, 3.63) is 77.7 Å². The number of fused-ring (bicyclic) bond motifs is 3. The van der Waals surface area contributed by atoms with Gasteiger partial charge in [0.05, 0.1) is 24.9 Å². The number of hydroxylamine groups is 1. The number of piperidine rings is 1. The van der Waals surface area contributed by atoms with Crippen LogP contribution in [0.4, 0.5) is 4.79 Å². The van der Waals surface area contributed by atoms with Crippen molar-refractivity contribution in [2.24, 2.45) is 35.5 Å². The fourth-order valence-electron chi connectivity index (χ4n) is 11.1. The predicted molar refractivity (Wildman–Crippen MR) is 282 cm³/mol. The molecule has 15 atom stereocenters. The van der Waals surface area contributed by atoms with E-state index in [-0.39, 0.29) is 49.4 Å². The number of allylic oxidation sites excluding steroid dienone is 6. The van der Waals surface area contributed by atoms with Crippen LogP contribution in [0, 0.1) is 35.5 Å². The molecule has 0 spiro atoms. The first-order valence-electron chi connectivity index (χ1n) is 27.2. The summed E-state index contributed by atoms with van der Waals surface area (Å²) in [6, 6.07) is 2.33. The maximum Gasteiger partial charge on any atom is 0.431 e. The van der Waals surface area contributed by atoms with Gasteiger partial charge in [0.25, 0.3) is 11.7 Å². The monoisotopic (exact) mass is 1060 g/mol. The lowest BCUT2D eigenvalue weighted by Gasteiger charge is -2.42. The smallest absolute Gasteiger partial charge is 0.431 e. The molecule has 3 aliphatic heterocycles. The molecular formula is C58H85N3O15. The van der Waals surface area contributed by atoms with E-state index < -0.39 is 102 Å². The number of aromatic nitrogens is 1. The molecule has 5 rings (SSSR count). The van der Waals surface area contributed by atoms with Gasteiger partial charge in [0.15, 0.2) is 5.78 Å². The Morgan fingerprint density at radius 2 is 1.62 bits per heavy atom. The summed E-state index contributed by atoms with van der Waals surface area (Å²) in [5.74, 6) is -8.46. The first-order valence-corrected chi connectivity index (χ1v) is 27.2. The minimum absolute atomic E-state index is 0.00185. The lowest BCUT2D eigenvalue weighted by Crippen LogP contribution is -2.61. The topological polar surface area (TPSA) is 236 Å². The number of pyridine rings is 1. The van der Waals surface area contributed by atoms with E-state index in [1.54, 1.807) is 72.5 Å². The molecule has 0 radical (unpaired) electrons. The van der Waals surface area contributed by atoms with Crippen molar-refractivity contribution in [3.63, 3.8) is 0 Å². The third-order valence-corrected chi connectivity index (χ3v) is 15.9. The lowest BCUT2D eigenvalue weighted by atomic mass is 9.78. The second-order valence-electron chi connectivity index (χ2n) is 21.7. The zero-order chi connectivity index (χ0) is 55.7. The Kier molecular flexibility index (Phi) is 24.2. The summed E-state index contributed by atoms with van der Waals surface area (Å²) >= 11 is 0. The van der Waals surface area contributed by atoms with Crippen LogP contribution >= 0.6 is 0 Å². The SMILES string of the molecule is CO[C@H]1C[C@@H]2CC[C@@H](C)[C@@](O)(O2)C(=O)C(=O)N2CCCC[C@H]2C(=O)O[C@H]([C@H](C)C[C@@H]2CC[C@@H](OC(=O)NOCc3ccncc3)[C@H](OC)C2)CC(=O)[C@H](C)/C=C(\C)[C@@H](O)[C@@H](OC)C(=O)[C@H](C)C[C@H](C)\C=C/C=C/C=C/1C. The van der Waals surface area contributed by atoms with Crippen LogP contribution in [0.5, 0.6) is 0 Å². The molecule has 1 saturated carbocycles. The highest BCUT2D eigenvalue weighted by atomic mass is 16.7. The van der Waals surface area contributed by atoms with Crippen LogP contribution < -0.4 is 5.48 Å². The molecular weight excluding hydrogens is 979 g/mol. The van der Waals surface area contributed by atoms with E-state index in [0.29, 0.717) is 69.8 Å². The van der Waals surface area contributed by atoms with Crippen molar-refractivity contribution < 1.29 is 72.2 Å². The number of esters is 1. The highest BCUT2D eigenvalue weighted by Gasteiger charge is 2.53. The van der Waals surface area contributed by atoms with Crippen molar-refractivity contribution in [3.8, 4) is 0 Å². The van der Waals surface area contributed by atoms with Crippen molar-refractivity contribution in [2.75, 3.05) is 27.9 Å². The lowest BCUT2D eigenvalue weighted by molar-refractivity contribution is -0.265. The van der Waals surface area contributed by atoms with Crippen molar-refractivity contribution in [2.45, 2.75) is 187 Å². The minimum atomic E-state index is -2.46. The first-order chi connectivity index (χ1) is 36.2. The molecule has 2 amide bonds. The zero-order valence-corrected chi connectivity index (χ0v) is 46.4.